The first-order valence-electron chi connectivity index (χ1n) is 5.87. The smallest absolute Gasteiger partial charge is 0.130 e. The molecule has 0 amide bonds. The summed E-state index contributed by atoms with van der Waals surface area (Å²) < 4.78 is 0. The fraction of sp³-hybridized carbons (Fsp3) is 0.200. The van der Waals surface area contributed by atoms with Crippen LogP contribution in [0.2, 0.25) is 5.02 Å². The molecule has 0 saturated heterocycles. The molecule has 0 bridgehead atoms. The molecule has 2 aromatic rings. The van der Waals surface area contributed by atoms with E-state index in [0.29, 0.717) is 17.1 Å². The predicted octanol–water partition coefficient (Wildman–Crippen LogP) is 3.77. The summed E-state index contributed by atoms with van der Waals surface area (Å²) in [6.07, 6.45) is 0. The zero-order valence-electron chi connectivity index (χ0n) is 10.9. The number of anilines is 1. The number of aromatic nitrogens is 1. The molecule has 3 nitrogen and oxygen atoms in total. The molecule has 0 aliphatic rings. The van der Waals surface area contributed by atoms with Crippen LogP contribution in [0.15, 0.2) is 36.4 Å². The number of nitrogens with zero attached hydrogens (tertiary/aromatic N) is 3. The Kier molecular flexibility index (Phi) is 3.73. The Hall–Kier alpha value is -2.05. The Morgan fingerprint density at radius 1 is 1.47 bits per heavy atom. The largest absolute Gasteiger partial charge is 0.356 e. The van der Waals surface area contributed by atoms with Gasteiger partial charge in [0, 0.05) is 24.0 Å². The summed E-state index contributed by atoms with van der Waals surface area (Å²) in [4.78, 5) is 6.52. The van der Waals surface area contributed by atoms with Gasteiger partial charge in [0.25, 0.3) is 0 Å². The number of nitriles is 1. The number of likely N-dealkylation sites (N-methyl/N-ethyl adjacent to an activating group) is 1. The highest BCUT2D eigenvalue weighted by Crippen LogP contribution is 2.25. The molecule has 0 unspecified atom stereocenters. The predicted molar refractivity (Wildman–Crippen MR) is 79.6 cm³/mol. The van der Waals surface area contributed by atoms with Gasteiger partial charge in [-0.1, -0.05) is 23.8 Å². The second kappa shape index (κ2) is 5.29. The first-order valence-corrected chi connectivity index (χ1v) is 6.25. The van der Waals surface area contributed by atoms with Crippen molar-refractivity contribution < 1.29 is 0 Å². The van der Waals surface area contributed by atoms with Crippen LogP contribution in [0.25, 0.3) is 10.9 Å². The van der Waals surface area contributed by atoms with Crippen LogP contribution < -0.4 is 4.90 Å². The number of benzene rings is 1. The summed E-state index contributed by atoms with van der Waals surface area (Å²) in [5.74, 6) is 0.759. The molecule has 0 aliphatic carbocycles. The van der Waals surface area contributed by atoms with Crippen molar-refractivity contribution in [3.05, 3.63) is 47.0 Å². The van der Waals surface area contributed by atoms with Crippen molar-refractivity contribution in [2.75, 3.05) is 18.5 Å². The molecule has 0 radical (unpaired) electrons. The van der Waals surface area contributed by atoms with Crippen LogP contribution >= 0.6 is 11.6 Å². The fourth-order valence-electron chi connectivity index (χ4n) is 1.96. The molecular weight excluding hydrogens is 258 g/mol. The minimum atomic E-state index is 0.580. The Balaban J connectivity index is 2.57. The van der Waals surface area contributed by atoms with Crippen LogP contribution in [0.5, 0.6) is 0 Å². The second-order valence-corrected chi connectivity index (χ2v) is 5.05. The van der Waals surface area contributed by atoms with Gasteiger partial charge in [0.15, 0.2) is 0 Å². The fourth-order valence-corrected chi connectivity index (χ4v) is 2.13. The molecule has 2 rings (SSSR count). The van der Waals surface area contributed by atoms with Gasteiger partial charge in [0.05, 0.1) is 17.1 Å². The Bertz CT molecular complexity index is 686. The third kappa shape index (κ3) is 2.86. The molecule has 0 spiro atoms. The van der Waals surface area contributed by atoms with Crippen molar-refractivity contribution in [2.45, 2.75) is 6.92 Å². The number of pyridine rings is 1. The summed E-state index contributed by atoms with van der Waals surface area (Å²) in [6, 6.07) is 9.35. The van der Waals surface area contributed by atoms with Crippen LogP contribution in [0.3, 0.4) is 0 Å². The highest BCUT2D eigenvalue weighted by atomic mass is 35.5. The van der Waals surface area contributed by atoms with Crippen LogP contribution in [0.4, 0.5) is 5.82 Å². The summed E-state index contributed by atoms with van der Waals surface area (Å²) >= 11 is 5.96. The van der Waals surface area contributed by atoms with Crippen molar-refractivity contribution in [1.82, 2.24) is 4.98 Å². The van der Waals surface area contributed by atoms with E-state index in [1.165, 1.54) is 0 Å². The van der Waals surface area contributed by atoms with Gasteiger partial charge < -0.3 is 4.90 Å². The van der Waals surface area contributed by atoms with Gasteiger partial charge in [-0.15, -0.1) is 0 Å². The summed E-state index contributed by atoms with van der Waals surface area (Å²) in [5.41, 5.74) is 2.39. The third-order valence-corrected chi connectivity index (χ3v) is 3.01. The van der Waals surface area contributed by atoms with Crippen LogP contribution in [0.1, 0.15) is 12.5 Å². The van der Waals surface area contributed by atoms with Crippen LogP contribution in [0, 0.1) is 11.3 Å². The van der Waals surface area contributed by atoms with E-state index in [1.807, 2.05) is 24.9 Å². The van der Waals surface area contributed by atoms with Crippen molar-refractivity contribution in [2.24, 2.45) is 0 Å². The zero-order valence-corrected chi connectivity index (χ0v) is 11.7. The van der Waals surface area contributed by atoms with Crippen molar-refractivity contribution in [3.8, 4) is 6.07 Å². The van der Waals surface area contributed by atoms with E-state index < -0.39 is 0 Å². The zero-order chi connectivity index (χ0) is 14.0. The topological polar surface area (TPSA) is 39.9 Å². The molecule has 0 atom stereocenters. The number of fused-ring (bicyclic) bond motifs is 1. The van der Waals surface area contributed by atoms with Gasteiger partial charge in [0.1, 0.15) is 5.82 Å². The molecule has 1 aromatic heterocycles. The molecule has 0 fully saturated rings. The lowest BCUT2D eigenvalue weighted by Gasteiger charge is -2.19. The van der Waals surface area contributed by atoms with Gasteiger partial charge in [-0.25, -0.2) is 4.98 Å². The lowest BCUT2D eigenvalue weighted by Crippen LogP contribution is -2.20. The van der Waals surface area contributed by atoms with E-state index in [2.05, 4.69) is 17.6 Å². The summed E-state index contributed by atoms with van der Waals surface area (Å²) in [5, 5.41) is 10.6. The first-order chi connectivity index (χ1) is 9.01. The number of halogens is 1. The van der Waals surface area contributed by atoms with E-state index in [4.69, 9.17) is 11.6 Å². The monoisotopic (exact) mass is 271 g/mol. The van der Waals surface area contributed by atoms with Crippen LogP contribution in [-0.4, -0.2) is 18.6 Å². The molecule has 0 N–H and O–H groups in total. The van der Waals surface area contributed by atoms with E-state index in [-0.39, 0.29) is 0 Å². The number of rotatable bonds is 3. The average Bonchev–Trinajstić information content (AvgIpc) is 2.36. The van der Waals surface area contributed by atoms with Crippen LogP contribution in [-0.2, 0) is 0 Å². The normalized spacial score (nSPS) is 10.2. The van der Waals surface area contributed by atoms with Crippen molar-refractivity contribution in [3.63, 3.8) is 0 Å². The molecular formula is C15H14ClN3. The molecule has 0 aliphatic heterocycles. The van der Waals surface area contributed by atoms with E-state index in [0.717, 1.165) is 22.3 Å². The molecule has 4 heteroatoms. The highest BCUT2D eigenvalue weighted by molar-refractivity contribution is 6.31. The summed E-state index contributed by atoms with van der Waals surface area (Å²) in [7, 11) is 1.93. The van der Waals surface area contributed by atoms with Gasteiger partial charge in [0.2, 0.25) is 0 Å². The van der Waals surface area contributed by atoms with E-state index >= 15 is 0 Å². The van der Waals surface area contributed by atoms with Gasteiger partial charge >= 0.3 is 0 Å². The maximum atomic E-state index is 9.26. The lowest BCUT2D eigenvalue weighted by molar-refractivity contribution is 0.960. The lowest BCUT2D eigenvalue weighted by atomic mass is 10.1. The van der Waals surface area contributed by atoms with Crippen molar-refractivity contribution in [1.29, 1.82) is 5.26 Å². The molecule has 19 heavy (non-hydrogen) atoms. The first kappa shape index (κ1) is 13.4. The summed E-state index contributed by atoms with van der Waals surface area (Å²) in [6.45, 7) is 6.55. The molecule has 96 valence electrons. The average molecular weight is 272 g/mol. The Morgan fingerprint density at radius 2 is 2.21 bits per heavy atom. The van der Waals surface area contributed by atoms with Crippen molar-refractivity contribution >= 4 is 28.3 Å². The maximum absolute atomic E-state index is 9.26. The maximum Gasteiger partial charge on any atom is 0.130 e. The minimum Gasteiger partial charge on any atom is -0.356 e. The van der Waals surface area contributed by atoms with E-state index in [1.54, 1.807) is 18.2 Å². The third-order valence-electron chi connectivity index (χ3n) is 2.78. The second-order valence-electron chi connectivity index (χ2n) is 4.61. The Morgan fingerprint density at radius 3 is 2.84 bits per heavy atom. The van der Waals surface area contributed by atoms with Gasteiger partial charge in [-0.05, 0) is 31.2 Å². The standard InChI is InChI=1S/C15H14ClN3/c1-10(2)9-19(3)15-6-11(8-17)13-7-12(16)4-5-14(13)18-15/h4-7H,1,9H2,2-3H3. The quantitative estimate of drug-likeness (QED) is 0.798. The molecule has 1 heterocycles. The Labute approximate surface area is 117 Å². The number of hydrogen-bond donors (Lipinski definition) is 0. The van der Waals surface area contributed by atoms with Gasteiger partial charge in [-0.3, -0.25) is 0 Å². The molecule has 1 aromatic carbocycles. The minimum absolute atomic E-state index is 0.580. The molecule has 0 saturated carbocycles. The number of hydrogen-bond acceptors (Lipinski definition) is 3. The van der Waals surface area contributed by atoms with E-state index in [9.17, 15) is 5.26 Å². The van der Waals surface area contributed by atoms with Gasteiger partial charge in [-0.2, -0.15) is 5.26 Å². The highest BCUT2D eigenvalue weighted by Gasteiger charge is 2.09. The SMILES string of the molecule is C=C(C)CN(C)c1cc(C#N)c2cc(Cl)ccc2n1.